The zero-order valence-electron chi connectivity index (χ0n) is 16.1. The van der Waals surface area contributed by atoms with Crippen molar-refractivity contribution in [3.05, 3.63) is 94.7 Å². The average Bonchev–Trinajstić information content (AvgIpc) is 3.12. The Labute approximate surface area is 178 Å². The number of furan rings is 1. The number of ketones is 1. The van der Waals surface area contributed by atoms with Crippen LogP contribution in [0.3, 0.4) is 0 Å². The lowest BCUT2D eigenvalue weighted by Crippen LogP contribution is -2.21. The molecule has 0 spiro atoms. The maximum Gasteiger partial charge on any atom is 0.262 e. The number of carbonyl (C=O) groups is 2. The highest BCUT2D eigenvalue weighted by atomic mass is 35.5. The van der Waals surface area contributed by atoms with Crippen LogP contribution >= 0.6 is 11.6 Å². The van der Waals surface area contributed by atoms with E-state index in [0.29, 0.717) is 33.0 Å². The van der Waals surface area contributed by atoms with E-state index in [1.54, 1.807) is 54.6 Å². The molecule has 1 amide bonds. The van der Waals surface area contributed by atoms with Crippen LogP contribution in [0.1, 0.15) is 21.7 Å². The number of rotatable bonds is 6. The summed E-state index contributed by atoms with van der Waals surface area (Å²) in [6.45, 7) is 1.72. The van der Waals surface area contributed by atoms with Crippen molar-refractivity contribution in [3.63, 3.8) is 0 Å². The van der Waals surface area contributed by atoms with Crippen LogP contribution in [-0.2, 0) is 4.79 Å². The first-order valence-electron chi connectivity index (χ1n) is 9.32. The first-order chi connectivity index (χ1) is 14.5. The minimum atomic E-state index is -0.408. The second kappa shape index (κ2) is 8.43. The van der Waals surface area contributed by atoms with Crippen molar-refractivity contribution in [2.45, 2.75) is 6.92 Å². The maximum absolute atomic E-state index is 13.1. The van der Waals surface area contributed by atoms with E-state index in [-0.39, 0.29) is 18.2 Å². The van der Waals surface area contributed by atoms with Crippen molar-refractivity contribution in [2.75, 3.05) is 11.9 Å². The number of para-hydroxylation sites is 1. The summed E-state index contributed by atoms with van der Waals surface area (Å²) in [6, 6.07) is 21.1. The Hall–Kier alpha value is -3.57. The fraction of sp³-hybridized carbons (Fsp3) is 0.0833. The molecule has 0 saturated heterocycles. The molecule has 0 bridgehead atoms. The number of nitrogens with one attached hydrogen (secondary N) is 1. The van der Waals surface area contributed by atoms with Crippen LogP contribution in [0.25, 0.3) is 11.0 Å². The highest BCUT2D eigenvalue weighted by Gasteiger charge is 2.23. The lowest BCUT2D eigenvalue weighted by atomic mass is 10.1. The van der Waals surface area contributed by atoms with Gasteiger partial charge < -0.3 is 14.5 Å². The number of fused-ring (bicyclic) bond motifs is 1. The third-order valence-electron chi connectivity index (χ3n) is 4.56. The molecule has 4 aromatic rings. The second-order valence-electron chi connectivity index (χ2n) is 6.79. The molecule has 6 heteroatoms. The van der Waals surface area contributed by atoms with Gasteiger partial charge >= 0.3 is 0 Å². The number of hydrogen-bond donors (Lipinski definition) is 1. The zero-order chi connectivity index (χ0) is 21.1. The predicted molar refractivity (Wildman–Crippen MR) is 116 cm³/mol. The first kappa shape index (κ1) is 19.7. The minimum absolute atomic E-state index is 0.0832. The Morgan fingerprint density at radius 1 is 0.967 bits per heavy atom. The minimum Gasteiger partial charge on any atom is -0.484 e. The molecule has 0 fully saturated rings. The van der Waals surface area contributed by atoms with E-state index in [9.17, 15) is 9.59 Å². The molecule has 4 rings (SSSR count). The molecular weight excluding hydrogens is 402 g/mol. The van der Waals surface area contributed by atoms with Crippen LogP contribution in [0.15, 0.2) is 77.2 Å². The van der Waals surface area contributed by atoms with E-state index in [4.69, 9.17) is 20.8 Å². The van der Waals surface area contributed by atoms with Crippen molar-refractivity contribution in [2.24, 2.45) is 0 Å². The molecule has 3 aromatic carbocycles. The van der Waals surface area contributed by atoms with Gasteiger partial charge in [-0.3, -0.25) is 9.59 Å². The summed E-state index contributed by atoms with van der Waals surface area (Å²) in [7, 11) is 0. The fourth-order valence-corrected chi connectivity index (χ4v) is 3.15. The molecule has 1 aromatic heterocycles. The van der Waals surface area contributed by atoms with Gasteiger partial charge in [-0.05, 0) is 43.3 Å². The highest BCUT2D eigenvalue weighted by Crippen LogP contribution is 2.32. The number of ether oxygens (including phenoxy) is 1. The highest BCUT2D eigenvalue weighted by molar-refractivity contribution is 6.30. The van der Waals surface area contributed by atoms with Gasteiger partial charge in [0.15, 0.2) is 12.4 Å². The predicted octanol–water partition coefficient (Wildman–Crippen LogP) is 5.64. The summed E-state index contributed by atoms with van der Waals surface area (Å²) in [5.74, 6) is -0.114. The number of carbonyl (C=O) groups excluding carboxylic acids is 2. The summed E-state index contributed by atoms with van der Waals surface area (Å²) >= 11 is 5.85. The molecule has 1 heterocycles. The first-order valence-corrected chi connectivity index (χ1v) is 9.70. The van der Waals surface area contributed by atoms with Gasteiger partial charge in [-0.1, -0.05) is 53.6 Å². The summed E-state index contributed by atoms with van der Waals surface area (Å²) in [4.78, 5) is 25.6. The van der Waals surface area contributed by atoms with Crippen molar-refractivity contribution in [1.82, 2.24) is 0 Å². The zero-order valence-corrected chi connectivity index (χ0v) is 16.9. The van der Waals surface area contributed by atoms with Gasteiger partial charge in [-0.2, -0.15) is 0 Å². The Kier molecular flexibility index (Phi) is 5.55. The molecule has 0 aliphatic carbocycles. The van der Waals surface area contributed by atoms with Gasteiger partial charge in [0.25, 0.3) is 5.91 Å². The van der Waals surface area contributed by atoms with Crippen LogP contribution in [0.4, 0.5) is 5.69 Å². The van der Waals surface area contributed by atoms with E-state index in [2.05, 4.69) is 5.32 Å². The average molecular weight is 420 g/mol. The topological polar surface area (TPSA) is 68.5 Å². The second-order valence-corrected chi connectivity index (χ2v) is 7.22. The van der Waals surface area contributed by atoms with Crippen LogP contribution in [0.2, 0.25) is 5.02 Å². The molecule has 30 heavy (non-hydrogen) atoms. The maximum atomic E-state index is 13.1. The van der Waals surface area contributed by atoms with E-state index >= 15 is 0 Å². The summed E-state index contributed by atoms with van der Waals surface area (Å²) in [6.07, 6.45) is 0. The molecule has 5 nitrogen and oxygen atoms in total. The van der Waals surface area contributed by atoms with Crippen molar-refractivity contribution < 1.29 is 18.7 Å². The van der Waals surface area contributed by atoms with Crippen molar-refractivity contribution in [3.8, 4) is 5.75 Å². The van der Waals surface area contributed by atoms with Gasteiger partial charge in [0.1, 0.15) is 11.3 Å². The van der Waals surface area contributed by atoms with Gasteiger partial charge in [0.05, 0.1) is 5.69 Å². The van der Waals surface area contributed by atoms with Gasteiger partial charge in [-0.15, -0.1) is 0 Å². The number of benzene rings is 3. The van der Waals surface area contributed by atoms with Crippen LogP contribution < -0.4 is 10.1 Å². The SMILES string of the molecule is Cc1ccc(C(=O)c2oc3ccccc3c2NC(=O)COc2ccc(Cl)cc2)cc1. The standard InChI is InChI=1S/C24H18ClNO4/c1-15-6-8-16(9-7-15)23(28)24-22(19-4-2-3-5-20(19)30-24)26-21(27)14-29-18-12-10-17(25)11-13-18/h2-13H,14H2,1H3,(H,26,27). The number of halogens is 1. The molecule has 0 atom stereocenters. The van der Waals surface area contributed by atoms with E-state index < -0.39 is 5.91 Å². The third-order valence-corrected chi connectivity index (χ3v) is 4.82. The number of amides is 1. The molecule has 150 valence electrons. The number of hydrogen-bond acceptors (Lipinski definition) is 4. The lowest BCUT2D eigenvalue weighted by Gasteiger charge is -2.08. The lowest BCUT2D eigenvalue weighted by molar-refractivity contribution is -0.118. The summed E-state index contributed by atoms with van der Waals surface area (Å²) in [5.41, 5.74) is 2.37. The van der Waals surface area contributed by atoms with Gasteiger partial charge in [-0.25, -0.2) is 0 Å². The molecule has 1 N–H and O–H groups in total. The summed E-state index contributed by atoms with van der Waals surface area (Å²) in [5, 5.41) is 4.00. The monoisotopic (exact) mass is 419 g/mol. The van der Waals surface area contributed by atoms with Crippen LogP contribution in [0.5, 0.6) is 5.75 Å². The van der Waals surface area contributed by atoms with Crippen molar-refractivity contribution >= 4 is 39.9 Å². The molecule has 0 unspecified atom stereocenters. The normalized spacial score (nSPS) is 10.7. The van der Waals surface area contributed by atoms with Gasteiger partial charge in [0.2, 0.25) is 5.78 Å². The Morgan fingerprint density at radius 3 is 2.40 bits per heavy atom. The molecule has 0 saturated carbocycles. The van der Waals surface area contributed by atoms with E-state index in [1.807, 2.05) is 25.1 Å². The smallest absolute Gasteiger partial charge is 0.262 e. The summed E-state index contributed by atoms with van der Waals surface area (Å²) < 4.78 is 11.3. The third kappa shape index (κ3) is 4.21. The van der Waals surface area contributed by atoms with Crippen molar-refractivity contribution in [1.29, 1.82) is 0 Å². The fourth-order valence-electron chi connectivity index (χ4n) is 3.02. The quantitative estimate of drug-likeness (QED) is 0.410. The Morgan fingerprint density at radius 2 is 1.67 bits per heavy atom. The van der Waals surface area contributed by atoms with E-state index in [0.717, 1.165) is 5.56 Å². The number of anilines is 1. The van der Waals surface area contributed by atoms with E-state index in [1.165, 1.54) is 0 Å². The molecular formula is C24H18ClNO4. The van der Waals surface area contributed by atoms with Gasteiger partial charge in [0, 0.05) is 16.0 Å². The largest absolute Gasteiger partial charge is 0.484 e. The van der Waals surface area contributed by atoms with Crippen LogP contribution in [-0.4, -0.2) is 18.3 Å². The molecule has 0 radical (unpaired) electrons. The molecule has 0 aliphatic rings. The Bertz CT molecular complexity index is 1210. The van der Waals surface area contributed by atoms with Crippen LogP contribution in [0, 0.1) is 6.92 Å². The number of aryl methyl sites for hydroxylation is 1. The Balaban J connectivity index is 1.59. The molecule has 0 aliphatic heterocycles.